The first-order valence-corrected chi connectivity index (χ1v) is 5.39. The van der Waals surface area contributed by atoms with Gasteiger partial charge in [0.25, 0.3) is 0 Å². The molecule has 3 nitrogen and oxygen atoms in total. The highest BCUT2D eigenvalue weighted by molar-refractivity contribution is 6.05. The summed E-state index contributed by atoms with van der Waals surface area (Å²) in [6.07, 6.45) is 5.53. The first-order valence-electron chi connectivity index (χ1n) is 5.39. The van der Waals surface area contributed by atoms with Crippen LogP contribution in [0.15, 0.2) is 51.8 Å². The Morgan fingerprint density at radius 1 is 1.12 bits per heavy atom. The van der Waals surface area contributed by atoms with E-state index in [0.717, 1.165) is 16.3 Å². The Bertz CT molecular complexity index is 657. The van der Waals surface area contributed by atoms with Crippen molar-refractivity contribution < 1.29 is 13.9 Å². The second-order valence-electron chi connectivity index (χ2n) is 3.84. The number of Topliss-reactive ketones (excluding diaryl/α,β-unsaturated/α-hetero) is 1. The molecular formula is C14H10O3. The smallest absolute Gasteiger partial charge is 0.229 e. The number of hydrogen-bond acceptors (Lipinski definition) is 3. The van der Waals surface area contributed by atoms with Crippen molar-refractivity contribution in [3.05, 3.63) is 54.0 Å². The summed E-state index contributed by atoms with van der Waals surface area (Å²) in [5.41, 5.74) is 0.779. The summed E-state index contributed by atoms with van der Waals surface area (Å²) < 4.78 is 9.93. The van der Waals surface area contributed by atoms with Crippen molar-refractivity contribution >= 4 is 22.6 Å². The summed E-state index contributed by atoms with van der Waals surface area (Å²) in [4.78, 5) is 11.8. The fourth-order valence-corrected chi connectivity index (χ4v) is 1.97. The monoisotopic (exact) mass is 226 g/mol. The minimum atomic E-state index is -0.0624. The fourth-order valence-electron chi connectivity index (χ4n) is 1.97. The molecule has 1 aromatic heterocycles. The molecule has 2 aromatic rings. The van der Waals surface area contributed by atoms with Gasteiger partial charge in [0, 0.05) is 12.0 Å². The highest BCUT2D eigenvalue weighted by Crippen LogP contribution is 2.25. The van der Waals surface area contributed by atoms with Gasteiger partial charge in [0.05, 0.1) is 0 Å². The lowest BCUT2D eigenvalue weighted by atomic mass is 9.99. The van der Waals surface area contributed by atoms with Crippen molar-refractivity contribution in [3.63, 3.8) is 0 Å². The van der Waals surface area contributed by atoms with Crippen LogP contribution < -0.4 is 0 Å². The van der Waals surface area contributed by atoms with Gasteiger partial charge < -0.3 is 0 Å². The average Bonchev–Trinajstić information content (AvgIpc) is 2.33. The van der Waals surface area contributed by atoms with Gasteiger partial charge in [-0.05, 0) is 16.8 Å². The summed E-state index contributed by atoms with van der Waals surface area (Å²) >= 11 is 0. The molecule has 17 heavy (non-hydrogen) atoms. The van der Waals surface area contributed by atoms with Gasteiger partial charge in [0.1, 0.15) is 6.26 Å². The van der Waals surface area contributed by atoms with Crippen molar-refractivity contribution in [2.24, 2.45) is 0 Å². The Hall–Kier alpha value is -2.29. The highest BCUT2D eigenvalue weighted by Gasteiger charge is 2.17. The Balaban J connectivity index is 2.50. The zero-order chi connectivity index (χ0) is 11.7. The number of carbonyl (C=O) groups excluding carboxylic acids is 1. The van der Waals surface area contributed by atoms with Gasteiger partial charge in [0.15, 0.2) is 0 Å². The van der Waals surface area contributed by atoms with Crippen LogP contribution in [0.1, 0.15) is 22.5 Å². The summed E-state index contributed by atoms with van der Waals surface area (Å²) in [6, 6.07) is 9.63. The maximum atomic E-state index is 11.8. The topological polar surface area (TPSA) is 43.4 Å². The molecule has 1 aromatic carbocycles. The maximum Gasteiger partial charge on any atom is 0.229 e. The predicted molar refractivity (Wildman–Crippen MR) is 64.1 cm³/mol. The second kappa shape index (κ2) is 3.94. The van der Waals surface area contributed by atoms with E-state index in [9.17, 15) is 4.79 Å². The van der Waals surface area contributed by atoms with E-state index >= 15 is 0 Å². The highest BCUT2D eigenvalue weighted by atomic mass is 17.0. The van der Waals surface area contributed by atoms with E-state index in [1.807, 2.05) is 42.5 Å². The Morgan fingerprint density at radius 3 is 2.94 bits per heavy atom. The average molecular weight is 226 g/mol. The van der Waals surface area contributed by atoms with Crippen molar-refractivity contribution in [2.45, 2.75) is 6.42 Å². The second-order valence-corrected chi connectivity index (χ2v) is 3.84. The van der Waals surface area contributed by atoms with Crippen LogP contribution in [0.4, 0.5) is 0 Å². The molecule has 0 spiro atoms. The minimum Gasteiger partial charge on any atom is -0.298 e. The van der Waals surface area contributed by atoms with Crippen LogP contribution in [0.3, 0.4) is 0 Å². The molecule has 0 bridgehead atoms. The van der Waals surface area contributed by atoms with Crippen molar-refractivity contribution in [2.75, 3.05) is 0 Å². The van der Waals surface area contributed by atoms with E-state index in [0.29, 0.717) is 6.42 Å². The van der Waals surface area contributed by atoms with Crippen molar-refractivity contribution in [1.82, 2.24) is 0 Å². The van der Waals surface area contributed by atoms with Crippen LogP contribution in [0, 0.1) is 0 Å². The lowest BCUT2D eigenvalue weighted by Crippen LogP contribution is -2.03. The molecule has 0 N–H and O–H groups in total. The molecule has 3 rings (SSSR count). The molecule has 1 aliphatic carbocycles. The molecule has 0 fully saturated rings. The Labute approximate surface area is 97.6 Å². The Morgan fingerprint density at radius 2 is 2.00 bits per heavy atom. The first kappa shape index (κ1) is 9.90. The van der Waals surface area contributed by atoms with Crippen LogP contribution >= 0.6 is 0 Å². The number of carbonyl (C=O) groups is 1. The first-order chi connectivity index (χ1) is 8.36. The maximum absolute atomic E-state index is 11.8. The summed E-state index contributed by atoms with van der Waals surface area (Å²) in [6.45, 7) is 0. The van der Waals surface area contributed by atoms with Crippen LogP contribution in [0.2, 0.25) is 0 Å². The molecule has 3 heteroatoms. The molecule has 1 aliphatic rings. The third-order valence-corrected chi connectivity index (χ3v) is 2.77. The summed E-state index contributed by atoms with van der Waals surface area (Å²) in [7, 11) is 0. The molecule has 0 saturated carbocycles. The third-order valence-electron chi connectivity index (χ3n) is 2.77. The van der Waals surface area contributed by atoms with Crippen LogP contribution in [-0.2, 0) is 0 Å². The molecule has 0 unspecified atom stereocenters. The molecule has 0 atom stereocenters. The van der Waals surface area contributed by atoms with E-state index in [1.54, 1.807) is 0 Å². The van der Waals surface area contributed by atoms with E-state index in [-0.39, 0.29) is 11.5 Å². The standard InChI is InChI=1S/C14H10O3/c15-13-7-3-6-12-11-5-2-1-4-10(11)8-9-16-17-14(12)13/h1-6,8-9H,7H2. The number of hydrogen-bond donors (Lipinski definition) is 0. The lowest BCUT2D eigenvalue weighted by molar-refractivity contribution is 0.0335. The number of rotatable bonds is 0. The SMILES string of the molecule is O=C1CC=Cc2c1ooccc1ccccc21. The largest absolute Gasteiger partial charge is 0.298 e. The van der Waals surface area contributed by atoms with Crippen LogP contribution in [0.25, 0.3) is 16.8 Å². The van der Waals surface area contributed by atoms with Gasteiger partial charge >= 0.3 is 0 Å². The molecule has 0 amide bonds. The van der Waals surface area contributed by atoms with E-state index in [1.165, 1.54) is 6.26 Å². The normalized spacial score (nSPS) is 13.5. The molecular weight excluding hydrogens is 216 g/mol. The van der Waals surface area contributed by atoms with Gasteiger partial charge in [-0.3, -0.25) is 13.9 Å². The van der Waals surface area contributed by atoms with Gasteiger partial charge in [-0.25, -0.2) is 0 Å². The van der Waals surface area contributed by atoms with Gasteiger partial charge in [-0.1, -0.05) is 36.4 Å². The molecule has 1 heterocycles. The van der Waals surface area contributed by atoms with Crippen LogP contribution in [0.5, 0.6) is 0 Å². The zero-order valence-electron chi connectivity index (χ0n) is 9.05. The molecule has 0 radical (unpaired) electrons. The van der Waals surface area contributed by atoms with Crippen molar-refractivity contribution in [1.29, 1.82) is 0 Å². The molecule has 0 aliphatic heterocycles. The summed E-state index contributed by atoms with van der Waals surface area (Å²) in [5, 5.41) is 1.98. The predicted octanol–water partition coefficient (Wildman–Crippen LogP) is 3.75. The van der Waals surface area contributed by atoms with Crippen LogP contribution in [-0.4, -0.2) is 5.78 Å². The number of fused-ring (bicyclic) bond motifs is 3. The lowest BCUT2D eigenvalue weighted by Gasteiger charge is -2.07. The van der Waals surface area contributed by atoms with E-state index < -0.39 is 0 Å². The number of benzene rings is 1. The fraction of sp³-hybridized carbons (Fsp3) is 0.0714. The van der Waals surface area contributed by atoms with Crippen molar-refractivity contribution in [3.8, 4) is 0 Å². The van der Waals surface area contributed by atoms with Gasteiger partial charge in [0.2, 0.25) is 11.5 Å². The zero-order valence-corrected chi connectivity index (χ0v) is 9.05. The summed E-state index contributed by atoms with van der Waals surface area (Å²) in [5.74, 6) is 0.219. The van der Waals surface area contributed by atoms with E-state index in [4.69, 9.17) is 9.15 Å². The van der Waals surface area contributed by atoms with Gasteiger partial charge in [-0.2, -0.15) is 0 Å². The number of ketones is 1. The quantitative estimate of drug-likeness (QED) is 0.642. The minimum absolute atomic E-state index is 0.0624. The van der Waals surface area contributed by atoms with Gasteiger partial charge in [-0.15, -0.1) is 0 Å². The number of allylic oxidation sites excluding steroid dienone is 1. The van der Waals surface area contributed by atoms with E-state index in [2.05, 4.69) is 0 Å². The molecule has 0 saturated heterocycles. The third kappa shape index (κ3) is 1.65. The Kier molecular flexibility index (Phi) is 2.29. The molecule has 84 valence electrons.